The van der Waals surface area contributed by atoms with Crippen LogP contribution in [0.4, 0.5) is 10.1 Å². The fraction of sp³-hybridized carbons (Fsp3) is 0.280. The summed E-state index contributed by atoms with van der Waals surface area (Å²) in [5.74, 6) is -0.437. The Bertz CT molecular complexity index is 1210. The highest BCUT2D eigenvalue weighted by Crippen LogP contribution is 2.40. The Kier molecular flexibility index (Phi) is 5.77. The maximum absolute atomic E-state index is 13.8. The number of nitrogens with one attached hydrogen (secondary N) is 1. The largest absolute Gasteiger partial charge is 0.496 e. The van der Waals surface area contributed by atoms with E-state index in [-0.39, 0.29) is 18.8 Å². The van der Waals surface area contributed by atoms with Crippen LogP contribution in [0.5, 0.6) is 5.75 Å². The summed E-state index contributed by atoms with van der Waals surface area (Å²) in [4.78, 5) is 26.9. The average molecular weight is 454 g/mol. The molecule has 5 nitrogen and oxygen atoms in total. The van der Waals surface area contributed by atoms with Crippen LogP contribution in [0, 0.1) is 12.7 Å². The minimum Gasteiger partial charge on any atom is -0.496 e. The molecule has 0 saturated heterocycles. The van der Waals surface area contributed by atoms with Gasteiger partial charge in [-0.1, -0.05) is 6.07 Å². The Labute approximate surface area is 190 Å². The molecule has 1 N–H and O–H groups in total. The van der Waals surface area contributed by atoms with E-state index in [1.165, 1.54) is 30.6 Å². The summed E-state index contributed by atoms with van der Waals surface area (Å²) in [5.41, 5.74) is 2.98. The second-order valence-electron chi connectivity index (χ2n) is 8.30. The lowest BCUT2D eigenvalue weighted by atomic mass is 9.83. The highest BCUT2D eigenvalue weighted by atomic mass is 32.1. The number of ether oxygens (including phenoxy) is 2. The summed E-state index contributed by atoms with van der Waals surface area (Å²) < 4.78 is 24.9. The van der Waals surface area contributed by atoms with Crippen molar-refractivity contribution in [1.82, 2.24) is 0 Å². The monoisotopic (exact) mass is 453 g/mol. The van der Waals surface area contributed by atoms with Crippen molar-refractivity contribution in [2.45, 2.75) is 39.3 Å². The fourth-order valence-electron chi connectivity index (χ4n) is 3.86. The van der Waals surface area contributed by atoms with Crippen LogP contribution in [0.2, 0.25) is 0 Å². The molecule has 0 unspecified atom stereocenters. The van der Waals surface area contributed by atoms with E-state index >= 15 is 0 Å². The van der Waals surface area contributed by atoms with Crippen LogP contribution in [0.1, 0.15) is 39.5 Å². The van der Waals surface area contributed by atoms with Crippen molar-refractivity contribution in [3.05, 3.63) is 69.2 Å². The van der Waals surface area contributed by atoms with E-state index in [9.17, 15) is 14.0 Å². The molecule has 0 radical (unpaired) electrons. The van der Waals surface area contributed by atoms with Crippen LogP contribution in [-0.2, 0) is 22.6 Å². The number of methoxy groups -OCH3 is 1. The number of hydrogen-bond acceptors (Lipinski definition) is 6. The lowest BCUT2D eigenvalue weighted by molar-refractivity contribution is -0.122. The zero-order valence-corrected chi connectivity index (χ0v) is 19.2. The standard InChI is InChI=1S/C25H24FNO4S/c1-14-5-10-22(32-14)24(29)31-13-19-16(17-7-6-15(26)11-21(17)30-4)8-9-20-18(19)12-23(28)25(2,3)27-20/h5-11,27H,12-13H2,1-4H3. The third kappa shape index (κ3) is 4.12. The average Bonchev–Trinajstić information content (AvgIpc) is 3.19. The third-order valence-electron chi connectivity index (χ3n) is 5.66. The first-order chi connectivity index (χ1) is 15.2. The predicted octanol–water partition coefficient (Wildman–Crippen LogP) is 5.54. The molecule has 0 atom stereocenters. The number of anilines is 1. The van der Waals surface area contributed by atoms with Gasteiger partial charge in [0.1, 0.15) is 23.1 Å². The third-order valence-corrected chi connectivity index (χ3v) is 6.64. The maximum Gasteiger partial charge on any atom is 0.348 e. The molecule has 1 aliphatic rings. The van der Waals surface area contributed by atoms with E-state index in [0.717, 1.165) is 21.7 Å². The molecule has 4 rings (SSSR count). The van der Waals surface area contributed by atoms with Gasteiger partial charge in [0, 0.05) is 34.2 Å². The Morgan fingerprint density at radius 1 is 1.16 bits per heavy atom. The zero-order valence-electron chi connectivity index (χ0n) is 18.4. The number of carbonyl (C=O) groups excluding carboxylic acids is 2. The van der Waals surface area contributed by atoms with Crippen molar-refractivity contribution in [3.63, 3.8) is 0 Å². The van der Waals surface area contributed by atoms with E-state index in [1.807, 2.05) is 39.0 Å². The molecule has 1 aromatic heterocycles. The van der Waals surface area contributed by atoms with Gasteiger partial charge in [0.05, 0.1) is 12.6 Å². The second kappa shape index (κ2) is 8.39. The molecular formula is C25H24FNO4S. The second-order valence-corrected chi connectivity index (χ2v) is 9.59. The predicted molar refractivity (Wildman–Crippen MR) is 123 cm³/mol. The van der Waals surface area contributed by atoms with E-state index in [2.05, 4.69) is 5.32 Å². The van der Waals surface area contributed by atoms with Gasteiger partial charge in [-0.15, -0.1) is 11.3 Å². The van der Waals surface area contributed by atoms with Crippen LogP contribution in [-0.4, -0.2) is 24.4 Å². The molecule has 0 fully saturated rings. The number of Topliss-reactive ketones (excluding diaryl/α,β-unsaturated/α-hetero) is 1. The number of fused-ring (bicyclic) bond motifs is 1. The van der Waals surface area contributed by atoms with Crippen LogP contribution >= 0.6 is 11.3 Å². The summed E-state index contributed by atoms with van der Waals surface area (Å²) in [5, 5.41) is 3.29. The number of benzene rings is 2. The molecule has 7 heteroatoms. The van der Waals surface area contributed by atoms with Gasteiger partial charge in [0.2, 0.25) is 0 Å². The summed E-state index contributed by atoms with van der Waals surface area (Å²) in [6.45, 7) is 5.58. The first kappa shape index (κ1) is 22.0. The lowest BCUT2D eigenvalue weighted by Gasteiger charge is -2.34. The zero-order chi connectivity index (χ0) is 23.0. The van der Waals surface area contributed by atoms with Gasteiger partial charge in [-0.3, -0.25) is 4.79 Å². The summed E-state index contributed by atoms with van der Waals surface area (Å²) in [6.07, 6.45) is 0.206. The number of halogens is 1. The number of carbonyl (C=O) groups is 2. The summed E-state index contributed by atoms with van der Waals surface area (Å²) in [7, 11) is 1.48. The Morgan fingerprint density at radius 2 is 1.91 bits per heavy atom. The molecule has 0 aliphatic carbocycles. The van der Waals surface area contributed by atoms with Crippen LogP contribution < -0.4 is 10.1 Å². The quantitative estimate of drug-likeness (QED) is 0.514. The van der Waals surface area contributed by atoms with Crippen molar-refractivity contribution in [1.29, 1.82) is 0 Å². The van der Waals surface area contributed by atoms with Gasteiger partial charge in [-0.05, 0) is 62.2 Å². The number of aryl methyl sites for hydroxylation is 1. The molecular weight excluding hydrogens is 429 g/mol. The van der Waals surface area contributed by atoms with Gasteiger partial charge in [0.25, 0.3) is 0 Å². The Balaban J connectivity index is 1.79. The Hall–Kier alpha value is -3.19. The summed E-state index contributed by atoms with van der Waals surface area (Å²) in [6, 6.07) is 11.7. The molecule has 32 heavy (non-hydrogen) atoms. The van der Waals surface area contributed by atoms with Crippen molar-refractivity contribution < 1.29 is 23.5 Å². The Morgan fingerprint density at radius 3 is 2.59 bits per heavy atom. The van der Waals surface area contributed by atoms with Gasteiger partial charge in [-0.2, -0.15) is 0 Å². The lowest BCUT2D eigenvalue weighted by Crippen LogP contribution is -2.45. The number of ketones is 1. The molecule has 0 spiro atoms. The van der Waals surface area contributed by atoms with Crippen molar-refractivity contribution >= 4 is 28.8 Å². The van der Waals surface area contributed by atoms with Crippen LogP contribution in [0.15, 0.2) is 42.5 Å². The SMILES string of the molecule is COc1cc(F)ccc1-c1ccc2c(c1COC(=O)c1ccc(C)s1)CC(=O)C(C)(C)N2. The fourth-order valence-corrected chi connectivity index (χ4v) is 4.62. The number of thiophene rings is 1. The molecule has 0 bridgehead atoms. The highest BCUT2D eigenvalue weighted by molar-refractivity contribution is 7.13. The van der Waals surface area contributed by atoms with Crippen LogP contribution in [0.25, 0.3) is 11.1 Å². The summed E-state index contributed by atoms with van der Waals surface area (Å²) >= 11 is 1.37. The highest BCUT2D eigenvalue weighted by Gasteiger charge is 2.35. The molecule has 166 valence electrons. The van der Waals surface area contributed by atoms with Crippen molar-refractivity contribution in [3.8, 4) is 16.9 Å². The normalized spacial score (nSPS) is 14.5. The molecule has 2 aromatic carbocycles. The van der Waals surface area contributed by atoms with Gasteiger partial charge in [0.15, 0.2) is 5.78 Å². The maximum atomic E-state index is 13.8. The molecule has 1 aliphatic heterocycles. The van der Waals surface area contributed by atoms with Crippen molar-refractivity contribution in [2.24, 2.45) is 0 Å². The minimum absolute atomic E-state index is 0.0236. The molecule has 0 saturated carbocycles. The number of hydrogen-bond donors (Lipinski definition) is 1. The van der Waals surface area contributed by atoms with Crippen molar-refractivity contribution in [2.75, 3.05) is 12.4 Å². The number of esters is 1. The molecule has 2 heterocycles. The van der Waals surface area contributed by atoms with Gasteiger partial charge < -0.3 is 14.8 Å². The first-order valence-corrected chi connectivity index (χ1v) is 11.0. The van der Waals surface area contributed by atoms with E-state index < -0.39 is 17.3 Å². The minimum atomic E-state index is -0.690. The smallest absolute Gasteiger partial charge is 0.348 e. The topological polar surface area (TPSA) is 64.6 Å². The van der Waals surface area contributed by atoms with E-state index in [4.69, 9.17) is 9.47 Å². The van der Waals surface area contributed by atoms with Crippen LogP contribution in [0.3, 0.4) is 0 Å². The van der Waals surface area contributed by atoms with Gasteiger partial charge in [-0.25, -0.2) is 9.18 Å². The van der Waals surface area contributed by atoms with Gasteiger partial charge >= 0.3 is 5.97 Å². The van der Waals surface area contributed by atoms with E-state index in [0.29, 0.717) is 21.8 Å². The molecule has 0 amide bonds. The first-order valence-electron chi connectivity index (χ1n) is 10.2. The number of rotatable bonds is 5. The molecule has 3 aromatic rings. The van der Waals surface area contributed by atoms with E-state index in [1.54, 1.807) is 12.1 Å².